The van der Waals surface area contributed by atoms with Gasteiger partial charge in [-0.15, -0.1) is 0 Å². The number of nitrogens with one attached hydrogen (secondary N) is 1. The first kappa shape index (κ1) is 23.7. The van der Waals surface area contributed by atoms with Gasteiger partial charge in [0.15, 0.2) is 0 Å². The Hall–Kier alpha value is -2.00. The number of nitrogens with zero attached hydrogens (tertiary/aromatic N) is 1. The van der Waals surface area contributed by atoms with Gasteiger partial charge in [0.1, 0.15) is 5.82 Å². The molecule has 0 saturated carbocycles. The van der Waals surface area contributed by atoms with Gasteiger partial charge in [0, 0.05) is 38.1 Å². The maximum Gasteiger partial charge on any atom is 0.255 e. The van der Waals surface area contributed by atoms with Crippen molar-refractivity contribution >= 4 is 33.2 Å². The number of hydrogen-bond donors (Lipinski definition) is 1. The number of amides is 1. The molecule has 2 unspecified atom stereocenters. The molecule has 2 aromatic rings. The van der Waals surface area contributed by atoms with E-state index in [1.165, 1.54) is 40.7 Å². The summed E-state index contributed by atoms with van der Waals surface area (Å²) < 4.78 is 46.3. The monoisotopic (exact) mass is 468 g/mol. The second-order valence-electron chi connectivity index (χ2n) is 7.78. The molecule has 0 spiro atoms. The molecule has 1 aliphatic heterocycles. The van der Waals surface area contributed by atoms with Crippen LogP contribution in [0.1, 0.15) is 30.1 Å². The van der Waals surface area contributed by atoms with Gasteiger partial charge in [-0.3, -0.25) is 4.79 Å². The van der Waals surface area contributed by atoms with E-state index in [2.05, 4.69) is 12.2 Å². The van der Waals surface area contributed by atoms with Crippen molar-refractivity contribution < 1.29 is 22.3 Å². The first-order valence-electron chi connectivity index (χ1n) is 10.1. The number of carbonyl (C=O) groups is 1. The second-order valence-corrected chi connectivity index (χ2v) is 10.1. The van der Waals surface area contributed by atoms with Crippen LogP contribution < -0.4 is 5.32 Å². The number of carbonyl (C=O) groups excluding carboxylic acids is 1. The molecule has 6 nitrogen and oxygen atoms in total. The Balaban J connectivity index is 1.74. The fourth-order valence-electron chi connectivity index (χ4n) is 3.80. The summed E-state index contributed by atoms with van der Waals surface area (Å²) in [5, 5.41) is 2.49. The van der Waals surface area contributed by atoms with E-state index >= 15 is 0 Å². The third-order valence-electron chi connectivity index (χ3n) is 5.65. The van der Waals surface area contributed by atoms with Crippen molar-refractivity contribution in [3.05, 3.63) is 58.9 Å². The fourth-order valence-corrected chi connectivity index (χ4v) is 5.58. The number of methoxy groups -OCH3 is 1. The molecule has 1 fully saturated rings. The van der Waals surface area contributed by atoms with Crippen LogP contribution in [0.15, 0.2) is 47.4 Å². The first-order valence-corrected chi connectivity index (χ1v) is 11.9. The maximum atomic E-state index is 13.3. The van der Waals surface area contributed by atoms with Crippen molar-refractivity contribution in [3.8, 4) is 0 Å². The number of ether oxygens (including phenoxy) is 1. The van der Waals surface area contributed by atoms with Gasteiger partial charge in [-0.05, 0) is 61.1 Å². The number of anilines is 1. The highest BCUT2D eigenvalue weighted by Gasteiger charge is 2.33. The first-order chi connectivity index (χ1) is 14.7. The normalized spacial score (nSPS) is 19.9. The Labute approximate surface area is 187 Å². The van der Waals surface area contributed by atoms with E-state index in [1.807, 2.05) is 0 Å². The lowest BCUT2D eigenvalue weighted by molar-refractivity contribution is 0.102. The van der Waals surface area contributed by atoms with E-state index in [-0.39, 0.29) is 21.4 Å². The van der Waals surface area contributed by atoms with Gasteiger partial charge < -0.3 is 10.1 Å². The molecular weight excluding hydrogens is 443 g/mol. The van der Waals surface area contributed by atoms with E-state index in [4.69, 9.17) is 16.3 Å². The van der Waals surface area contributed by atoms with Crippen molar-refractivity contribution in [2.75, 3.05) is 32.1 Å². The minimum absolute atomic E-state index is 0.0693. The molecule has 2 aromatic carbocycles. The fraction of sp³-hybridized carbons (Fsp3) is 0.409. The zero-order chi connectivity index (χ0) is 22.6. The summed E-state index contributed by atoms with van der Waals surface area (Å²) in [5.41, 5.74) is 0.501. The Morgan fingerprint density at radius 3 is 2.74 bits per heavy atom. The Morgan fingerprint density at radius 2 is 2.06 bits per heavy atom. The lowest BCUT2D eigenvalue weighted by Gasteiger charge is -2.36. The van der Waals surface area contributed by atoms with Gasteiger partial charge >= 0.3 is 0 Å². The molecular formula is C22H26ClFN2O4S. The van der Waals surface area contributed by atoms with Crippen LogP contribution in [0.3, 0.4) is 0 Å². The minimum Gasteiger partial charge on any atom is -0.385 e. The van der Waals surface area contributed by atoms with E-state index < -0.39 is 21.7 Å². The number of benzene rings is 2. The SMILES string of the molecule is COCCC1CCN(S(=O)(=O)c2cccc(C(=O)Nc3ccc(F)c(Cl)c3)c2)CC1C. The summed E-state index contributed by atoms with van der Waals surface area (Å²) in [6.07, 6.45) is 1.68. The van der Waals surface area contributed by atoms with E-state index in [1.54, 1.807) is 7.11 Å². The highest BCUT2D eigenvalue weighted by Crippen LogP contribution is 2.30. The van der Waals surface area contributed by atoms with Crippen LogP contribution in [0.25, 0.3) is 0 Å². The number of sulfonamides is 1. The van der Waals surface area contributed by atoms with E-state index in [0.29, 0.717) is 31.3 Å². The summed E-state index contributed by atoms with van der Waals surface area (Å²) in [6, 6.07) is 9.74. The number of rotatable bonds is 7. The smallest absolute Gasteiger partial charge is 0.255 e. The third-order valence-corrected chi connectivity index (χ3v) is 7.80. The topological polar surface area (TPSA) is 75.7 Å². The summed E-state index contributed by atoms with van der Waals surface area (Å²) >= 11 is 5.75. The van der Waals surface area contributed by atoms with Crippen LogP contribution in [0, 0.1) is 17.7 Å². The quantitative estimate of drug-likeness (QED) is 0.652. The molecule has 2 atom stereocenters. The lowest BCUT2D eigenvalue weighted by Crippen LogP contribution is -2.43. The van der Waals surface area contributed by atoms with Crippen LogP contribution in [0.5, 0.6) is 0 Å². The number of hydrogen-bond acceptors (Lipinski definition) is 4. The molecule has 1 N–H and O–H groups in total. The van der Waals surface area contributed by atoms with Gasteiger partial charge in [-0.1, -0.05) is 24.6 Å². The Kier molecular flexibility index (Phi) is 7.69. The molecule has 0 aliphatic carbocycles. The van der Waals surface area contributed by atoms with Crippen LogP contribution >= 0.6 is 11.6 Å². The second kappa shape index (κ2) is 10.1. The molecule has 3 rings (SSSR count). The van der Waals surface area contributed by atoms with Crippen LogP contribution in [-0.2, 0) is 14.8 Å². The standard InChI is InChI=1S/C22H26ClFN2O4S/c1-15-14-26(10-8-16(15)9-11-30-2)31(28,29)19-5-3-4-17(12-19)22(27)25-18-6-7-21(24)20(23)13-18/h3-7,12-13,15-16H,8-11,14H2,1-2H3,(H,25,27). The minimum atomic E-state index is -3.73. The maximum absolute atomic E-state index is 13.3. The van der Waals surface area contributed by atoms with Crippen LogP contribution in [0.2, 0.25) is 5.02 Å². The van der Waals surface area contributed by atoms with Crippen LogP contribution in [0.4, 0.5) is 10.1 Å². The van der Waals surface area contributed by atoms with Crippen molar-refractivity contribution in [2.24, 2.45) is 11.8 Å². The highest BCUT2D eigenvalue weighted by molar-refractivity contribution is 7.89. The van der Waals surface area contributed by atoms with Crippen molar-refractivity contribution in [2.45, 2.75) is 24.7 Å². The zero-order valence-corrected chi connectivity index (χ0v) is 19.0. The predicted octanol–water partition coefficient (Wildman–Crippen LogP) is 4.41. The molecule has 1 heterocycles. The predicted molar refractivity (Wildman–Crippen MR) is 118 cm³/mol. The average molecular weight is 469 g/mol. The molecule has 168 valence electrons. The van der Waals surface area contributed by atoms with E-state index in [0.717, 1.165) is 18.9 Å². The summed E-state index contributed by atoms with van der Waals surface area (Å²) in [7, 11) is -2.06. The molecule has 1 aliphatic rings. The molecule has 31 heavy (non-hydrogen) atoms. The van der Waals surface area contributed by atoms with Crippen molar-refractivity contribution in [1.29, 1.82) is 0 Å². The van der Waals surface area contributed by atoms with Crippen molar-refractivity contribution in [3.63, 3.8) is 0 Å². The highest BCUT2D eigenvalue weighted by atomic mass is 35.5. The summed E-state index contributed by atoms with van der Waals surface area (Å²) in [6.45, 7) is 3.59. The van der Waals surface area contributed by atoms with Gasteiger partial charge in [-0.2, -0.15) is 4.31 Å². The molecule has 1 saturated heterocycles. The van der Waals surface area contributed by atoms with Crippen LogP contribution in [-0.4, -0.2) is 45.4 Å². The van der Waals surface area contributed by atoms with Gasteiger partial charge in [-0.25, -0.2) is 12.8 Å². The van der Waals surface area contributed by atoms with E-state index in [9.17, 15) is 17.6 Å². The summed E-state index contributed by atoms with van der Waals surface area (Å²) in [4.78, 5) is 12.7. The number of piperidine rings is 1. The molecule has 9 heteroatoms. The molecule has 0 radical (unpaired) electrons. The average Bonchev–Trinajstić information content (AvgIpc) is 2.75. The molecule has 1 amide bonds. The Bertz CT molecular complexity index is 1050. The largest absolute Gasteiger partial charge is 0.385 e. The van der Waals surface area contributed by atoms with Crippen molar-refractivity contribution in [1.82, 2.24) is 4.31 Å². The Morgan fingerprint density at radius 1 is 1.29 bits per heavy atom. The zero-order valence-electron chi connectivity index (χ0n) is 17.5. The third kappa shape index (κ3) is 5.63. The molecule has 0 bridgehead atoms. The summed E-state index contributed by atoms with van der Waals surface area (Å²) in [5.74, 6) is -0.459. The van der Waals surface area contributed by atoms with Gasteiger partial charge in [0.2, 0.25) is 10.0 Å². The number of halogens is 2. The van der Waals surface area contributed by atoms with Gasteiger partial charge in [0.05, 0.1) is 9.92 Å². The lowest BCUT2D eigenvalue weighted by atomic mass is 9.86. The molecule has 0 aromatic heterocycles. The van der Waals surface area contributed by atoms with Gasteiger partial charge in [0.25, 0.3) is 5.91 Å².